The van der Waals surface area contributed by atoms with Gasteiger partial charge in [0.2, 0.25) is 16.0 Å². The summed E-state index contributed by atoms with van der Waals surface area (Å²) in [5.74, 6) is -0.527. The van der Waals surface area contributed by atoms with Crippen molar-refractivity contribution in [3.8, 4) is 11.1 Å². The second-order valence-corrected chi connectivity index (χ2v) is 11.9. The molecule has 196 valence electrons. The number of carbonyl (C=O) groups excluding carboxylic acids is 1. The predicted octanol–water partition coefficient (Wildman–Crippen LogP) is 4.47. The van der Waals surface area contributed by atoms with Crippen LogP contribution in [0, 0.1) is 11.2 Å². The highest BCUT2D eigenvalue weighted by Gasteiger charge is 2.61. The van der Waals surface area contributed by atoms with Crippen molar-refractivity contribution < 1.29 is 30.8 Å². The number of rotatable bonds is 8. The normalized spacial score (nSPS) is 21.2. The van der Waals surface area contributed by atoms with Crippen molar-refractivity contribution in [3.63, 3.8) is 0 Å². The highest BCUT2D eigenvalue weighted by Crippen LogP contribution is 2.55. The Bertz CT molecular complexity index is 1220. The molecular weight excluding hydrogens is 498 g/mol. The summed E-state index contributed by atoms with van der Waals surface area (Å²) in [6.45, 7) is 2.45. The Labute approximate surface area is 208 Å². The topological polar surface area (TPSA) is 78.5 Å². The minimum absolute atomic E-state index is 0.0856. The first-order valence-corrected chi connectivity index (χ1v) is 13.3. The molecule has 1 saturated heterocycles. The average molecular weight is 528 g/mol. The van der Waals surface area contributed by atoms with Gasteiger partial charge < -0.3 is 10.2 Å². The lowest BCUT2D eigenvalue weighted by molar-refractivity contribution is 0.0520. The van der Waals surface area contributed by atoms with Crippen LogP contribution in [0.3, 0.4) is 0 Å². The molecule has 1 aliphatic carbocycles. The van der Waals surface area contributed by atoms with Crippen molar-refractivity contribution in [3.05, 3.63) is 59.9 Å². The Balaban J connectivity index is 1.71. The van der Waals surface area contributed by atoms with E-state index in [1.807, 2.05) is 0 Å². The number of hydrogen-bond donors (Lipinski definition) is 2. The van der Waals surface area contributed by atoms with Crippen LogP contribution in [0.1, 0.15) is 32.3 Å². The average Bonchev–Trinajstić information content (AvgIpc) is 3.55. The van der Waals surface area contributed by atoms with E-state index in [0.29, 0.717) is 24.0 Å². The molecule has 2 fully saturated rings. The van der Waals surface area contributed by atoms with Gasteiger partial charge in [-0.15, -0.1) is 0 Å². The third kappa shape index (κ3) is 5.22. The van der Waals surface area contributed by atoms with Crippen molar-refractivity contribution in [1.29, 1.82) is 0 Å². The Morgan fingerprint density at radius 1 is 1.14 bits per heavy atom. The molecule has 2 aromatic carbocycles. The van der Waals surface area contributed by atoms with E-state index in [4.69, 9.17) is 0 Å². The van der Waals surface area contributed by atoms with Gasteiger partial charge >= 0.3 is 6.03 Å². The largest absolute Gasteiger partial charge is 0.327 e. The number of nitrogens with one attached hydrogen (secondary N) is 2. The van der Waals surface area contributed by atoms with Gasteiger partial charge in [-0.1, -0.05) is 48.5 Å². The second kappa shape index (κ2) is 9.66. The van der Waals surface area contributed by atoms with Crippen LogP contribution in [0.25, 0.3) is 11.1 Å². The number of alkyl halides is 3. The SMILES string of the molecule is CC(C)(NC(=O)N1CC2(CC2)[C@H](NS(=O)(=O)CF)[C@@H]1Cc1cccc(-c2ccccc2)c1F)C(F)F. The number of nitrogens with zero attached hydrogens (tertiary/aromatic N) is 1. The van der Waals surface area contributed by atoms with Crippen LogP contribution in [-0.4, -0.2) is 55.9 Å². The summed E-state index contributed by atoms with van der Waals surface area (Å²) >= 11 is 0. The van der Waals surface area contributed by atoms with Crippen molar-refractivity contribution >= 4 is 16.1 Å². The van der Waals surface area contributed by atoms with Crippen molar-refractivity contribution in [2.45, 2.75) is 57.2 Å². The van der Waals surface area contributed by atoms with E-state index < -0.39 is 57.3 Å². The molecule has 1 heterocycles. The fourth-order valence-electron chi connectivity index (χ4n) is 4.86. The second-order valence-electron chi connectivity index (χ2n) is 10.2. The monoisotopic (exact) mass is 527 g/mol. The molecule has 2 N–H and O–H groups in total. The van der Waals surface area contributed by atoms with E-state index >= 15 is 4.39 Å². The molecule has 4 rings (SSSR count). The van der Waals surface area contributed by atoms with Gasteiger partial charge in [-0.05, 0) is 44.2 Å². The van der Waals surface area contributed by atoms with E-state index in [1.54, 1.807) is 48.5 Å². The minimum Gasteiger partial charge on any atom is -0.327 e. The first-order chi connectivity index (χ1) is 16.9. The number of amides is 2. The van der Waals surface area contributed by atoms with Crippen LogP contribution in [0.5, 0.6) is 0 Å². The van der Waals surface area contributed by atoms with Crippen LogP contribution < -0.4 is 10.0 Å². The van der Waals surface area contributed by atoms with Gasteiger partial charge in [-0.25, -0.2) is 35.5 Å². The summed E-state index contributed by atoms with van der Waals surface area (Å²) in [6.07, 6.45) is -1.80. The number of hydrogen-bond acceptors (Lipinski definition) is 3. The zero-order valence-corrected chi connectivity index (χ0v) is 20.8. The Morgan fingerprint density at radius 2 is 1.81 bits per heavy atom. The number of carbonyl (C=O) groups is 1. The van der Waals surface area contributed by atoms with Gasteiger partial charge in [-0.3, -0.25) is 0 Å². The Hall–Kier alpha value is -2.66. The smallest absolute Gasteiger partial charge is 0.318 e. The fourth-order valence-corrected chi connectivity index (χ4v) is 5.71. The maximum absolute atomic E-state index is 15.6. The molecule has 2 atom stereocenters. The summed E-state index contributed by atoms with van der Waals surface area (Å²) in [5.41, 5.74) is -1.29. The van der Waals surface area contributed by atoms with Gasteiger partial charge in [-0.2, -0.15) is 0 Å². The first kappa shape index (κ1) is 26.4. The van der Waals surface area contributed by atoms with E-state index in [9.17, 15) is 26.4 Å². The van der Waals surface area contributed by atoms with Gasteiger partial charge in [0.05, 0.1) is 11.6 Å². The lowest BCUT2D eigenvalue weighted by Gasteiger charge is -2.33. The number of likely N-dealkylation sites (tertiary alicyclic amines) is 1. The van der Waals surface area contributed by atoms with Gasteiger partial charge in [0, 0.05) is 23.6 Å². The summed E-state index contributed by atoms with van der Waals surface area (Å²) < 4.78 is 82.5. The van der Waals surface area contributed by atoms with Crippen molar-refractivity contribution in [2.24, 2.45) is 5.41 Å². The van der Waals surface area contributed by atoms with E-state index in [2.05, 4.69) is 10.0 Å². The maximum Gasteiger partial charge on any atom is 0.318 e. The zero-order chi connectivity index (χ0) is 26.3. The summed E-state index contributed by atoms with van der Waals surface area (Å²) in [6, 6.07) is 9.41. The van der Waals surface area contributed by atoms with Crippen LogP contribution in [0.2, 0.25) is 0 Å². The minimum atomic E-state index is -4.31. The van der Waals surface area contributed by atoms with Crippen molar-refractivity contribution in [1.82, 2.24) is 14.9 Å². The van der Waals surface area contributed by atoms with Crippen LogP contribution in [0.4, 0.5) is 22.4 Å². The number of benzene rings is 2. The molecule has 1 spiro atoms. The molecular formula is C25H29F4N3O3S. The molecule has 2 aromatic rings. The highest BCUT2D eigenvalue weighted by atomic mass is 32.2. The molecule has 36 heavy (non-hydrogen) atoms. The van der Waals surface area contributed by atoms with Crippen molar-refractivity contribution in [2.75, 3.05) is 12.6 Å². The maximum atomic E-state index is 15.6. The van der Waals surface area contributed by atoms with E-state index in [1.165, 1.54) is 18.7 Å². The lowest BCUT2D eigenvalue weighted by Crippen LogP contribution is -2.57. The third-order valence-electron chi connectivity index (χ3n) is 7.10. The summed E-state index contributed by atoms with van der Waals surface area (Å²) in [4.78, 5) is 14.5. The zero-order valence-electron chi connectivity index (χ0n) is 20.0. The van der Waals surface area contributed by atoms with Gasteiger partial charge in [0.1, 0.15) is 5.82 Å². The highest BCUT2D eigenvalue weighted by molar-refractivity contribution is 7.89. The molecule has 1 aliphatic heterocycles. The Kier molecular flexibility index (Phi) is 7.09. The quantitative estimate of drug-likeness (QED) is 0.498. The van der Waals surface area contributed by atoms with E-state index in [-0.39, 0.29) is 18.5 Å². The summed E-state index contributed by atoms with van der Waals surface area (Å²) in [7, 11) is -4.31. The number of halogens is 4. The number of sulfonamides is 1. The molecule has 0 bridgehead atoms. The molecule has 0 aromatic heterocycles. The molecule has 6 nitrogen and oxygen atoms in total. The molecule has 2 amide bonds. The van der Waals surface area contributed by atoms with Gasteiger partial charge in [0.15, 0.2) is 0 Å². The van der Waals surface area contributed by atoms with Crippen LogP contribution in [0.15, 0.2) is 48.5 Å². The molecule has 0 unspecified atom stereocenters. The first-order valence-electron chi connectivity index (χ1n) is 11.6. The summed E-state index contributed by atoms with van der Waals surface area (Å²) in [5, 5.41) is 2.32. The predicted molar refractivity (Wildman–Crippen MR) is 128 cm³/mol. The molecule has 1 saturated carbocycles. The number of urea groups is 1. The lowest BCUT2D eigenvalue weighted by atomic mass is 9.91. The molecule has 11 heteroatoms. The molecule has 2 aliphatic rings. The fraction of sp³-hybridized carbons (Fsp3) is 0.480. The Morgan fingerprint density at radius 3 is 2.39 bits per heavy atom. The van der Waals surface area contributed by atoms with Crippen LogP contribution in [-0.2, 0) is 16.4 Å². The van der Waals surface area contributed by atoms with Crippen LogP contribution >= 0.6 is 0 Å². The molecule has 0 radical (unpaired) electrons. The third-order valence-corrected chi connectivity index (χ3v) is 8.00. The standard InChI is InChI=1S/C25H29F4N3O3S/c1-24(2,22(28)29)30-23(33)32-14-25(11-12-25)21(31-36(34,35)15-26)19(32)13-17-9-6-10-18(20(17)27)16-7-4-3-5-8-16/h3-10,19,21-22,31H,11-15H2,1-2H3,(H,30,33)/t19-,21+/m0/s1. The van der Waals surface area contributed by atoms with Gasteiger partial charge in [0.25, 0.3) is 6.43 Å². The van der Waals surface area contributed by atoms with E-state index in [0.717, 1.165) is 0 Å².